The maximum Gasteiger partial charge on any atom is 0.227 e. The number of hydrogen-bond donors (Lipinski definition) is 2. The van der Waals surface area contributed by atoms with E-state index in [2.05, 4.69) is 5.32 Å². The van der Waals surface area contributed by atoms with Gasteiger partial charge in [0.15, 0.2) is 0 Å². The molecule has 0 radical (unpaired) electrons. The molecule has 0 aromatic carbocycles. The number of carbonyl (C=O) groups excluding carboxylic acids is 1. The van der Waals surface area contributed by atoms with E-state index in [-0.39, 0.29) is 28.9 Å². The van der Waals surface area contributed by atoms with Crippen LogP contribution in [-0.2, 0) is 14.6 Å². The number of hydrogen-bond acceptors (Lipinski definition) is 4. The summed E-state index contributed by atoms with van der Waals surface area (Å²) in [7, 11) is -2.86. The molecule has 1 amide bonds. The maximum absolute atomic E-state index is 12.1. The van der Waals surface area contributed by atoms with E-state index < -0.39 is 9.84 Å². The first-order chi connectivity index (χ1) is 7.97. The monoisotopic (exact) mass is 260 g/mol. The average Bonchev–Trinajstić information content (AvgIpc) is 2.20. The summed E-state index contributed by atoms with van der Waals surface area (Å²) in [4.78, 5) is 12.1. The van der Waals surface area contributed by atoms with Crippen molar-refractivity contribution in [3.05, 3.63) is 0 Å². The lowest BCUT2D eigenvalue weighted by molar-refractivity contribution is -0.136. The molecule has 98 valence electrons. The van der Waals surface area contributed by atoms with Crippen LogP contribution in [0.5, 0.6) is 0 Å². The second-order valence-electron chi connectivity index (χ2n) is 5.24. The summed E-state index contributed by atoms with van der Waals surface area (Å²) < 4.78 is 22.5. The van der Waals surface area contributed by atoms with Gasteiger partial charge in [0.1, 0.15) is 9.84 Å². The molecule has 17 heavy (non-hydrogen) atoms. The third-order valence-corrected chi connectivity index (χ3v) is 5.79. The van der Waals surface area contributed by atoms with Crippen molar-refractivity contribution >= 4 is 15.7 Å². The van der Waals surface area contributed by atoms with Crippen molar-refractivity contribution in [3.8, 4) is 0 Å². The Labute approximate surface area is 102 Å². The van der Waals surface area contributed by atoms with Gasteiger partial charge in [0, 0.05) is 12.6 Å². The average molecular weight is 260 g/mol. The van der Waals surface area contributed by atoms with Crippen LogP contribution in [0.1, 0.15) is 32.1 Å². The van der Waals surface area contributed by atoms with Gasteiger partial charge in [0.2, 0.25) is 5.91 Å². The summed E-state index contributed by atoms with van der Waals surface area (Å²) in [5.74, 6) is 0.400. The summed E-state index contributed by atoms with van der Waals surface area (Å²) in [5.41, 5.74) is 5.30. The fourth-order valence-electron chi connectivity index (χ4n) is 2.50. The van der Waals surface area contributed by atoms with Crippen LogP contribution in [-0.4, -0.2) is 38.4 Å². The summed E-state index contributed by atoms with van der Waals surface area (Å²) in [6.45, 7) is 0.393. The molecule has 1 heterocycles. The zero-order valence-electron chi connectivity index (χ0n) is 9.94. The molecule has 3 N–H and O–H groups in total. The van der Waals surface area contributed by atoms with Crippen molar-refractivity contribution in [1.82, 2.24) is 5.32 Å². The lowest BCUT2D eigenvalue weighted by atomic mass is 9.68. The zero-order valence-corrected chi connectivity index (χ0v) is 10.8. The summed E-state index contributed by atoms with van der Waals surface area (Å²) in [6.07, 6.45) is 3.85. The first-order valence-electron chi connectivity index (χ1n) is 6.19. The Balaban J connectivity index is 1.88. The van der Waals surface area contributed by atoms with E-state index in [0.29, 0.717) is 19.4 Å². The van der Waals surface area contributed by atoms with Gasteiger partial charge in [-0.2, -0.15) is 0 Å². The number of carbonyl (C=O) groups is 1. The molecule has 0 spiro atoms. The Morgan fingerprint density at radius 1 is 1.29 bits per heavy atom. The van der Waals surface area contributed by atoms with Crippen LogP contribution in [0.4, 0.5) is 0 Å². The maximum atomic E-state index is 12.1. The Hall–Kier alpha value is -0.620. The lowest BCUT2D eigenvalue weighted by Crippen LogP contribution is -2.53. The van der Waals surface area contributed by atoms with E-state index in [0.717, 1.165) is 19.3 Å². The summed E-state index contributed by atoms with van der Waals surface area (Å²) in [6, 6.07) is 0.00931. The number of nitrogens with two attached hydrogens (primary N) is 1. The highest BCUT2D eigenvalue weighted by Crippen LogP contribution is 2.40. The van der Waals surface area contributed by atoms with E-state index in [1.165, 1.54) is 0 Å². The summed E-state index contributed by atoms with van der Waals surface area (Å²) in [5, 5.41) is 2.97. The van der Waals surface area contributed by atoms with Crippen LogP contribution in [0.2, 0.25) is 0 Å². The molecule has 0 unspecified atom stereocenters. The van der Waals surface area contributed by atoms with Gasteiger partial charge in [-0.1, -0.05) is 6.42 Å². The summed E-state index contributed by atoms with van der Waals surface area (Å²) >= 11 is 0. The number of amides is 1. The molecule has 6 heteroatoms. The first kappa shape index (κ1) is 12.8. The van der Waals surface area contributed by atoms with E-state index in [4.69, 9.17) is 5.73 Å². The van der Waals surface area contributed by atoms with Crippen molar-refractivity contribution in [2.75, 3.05) is 18.1 Å². The minimum absolute atomic E-state index is 0.00931. The fourth-order valence-corrected chi connectivity index (χ4v) is 3.99. The van der Waals surface area contributed by atoms with Gasteiger partial charge in [-0.05, 0) is 25.7 Å². The van der Waals surface area contributed by atoms with Crippen LogP contribution in [0, 0.1) is 5.41 Å². The van der Waals surface area contributed by atoms with Gasteiger partial charge in [0.05, 0.1) is 16.9 Å². The van der Waals surface area contributed by atoms with Gasteiger partial charge in [0.25, 0.3) is 0 Å². The highest BCUT2D eigenvalue weighted by atomic mass is 32.2. The second-order valence-corrected chi connectivity index (χ2v) is 7.54. The van der Waals surface area contributed by atoms with Crippen molar-refractivity contribution in [2.24, 2.45) is 11.1 Å². The normalized spacial score (nSPS) is 27.1. The van der Waals surface area contributed by atoms with Crippen LogP contribution in [0.25, 0.3) is 0 Å². The minimum atomic E-state index is -2.86. The topological polar surface area (TPSA) is 89.3 Å². The molecular weight excluding hydrogens is 240 g/mol. The molecule has 1 saturated heterocycles. The van der Waals surface area contributed by atoms with E-state index in [1.54, 1.807) is 0 Å². The molecule has 0 aromatic rings. The van der Waals surface area contributed by atoms with Crippen molar-refractivity contribution in [2.45, 2.75) is 38.1 Å². The van der Waals surface area contributed by atoms with Crippen molar-refractivity contribution in [1.29, 1.82) is 0 Å². The molecule has 1 aliphatic carbocycles. The minimum Gasteiger partial charge on any atom is -0.353 e. The molecule has 2 aliphatic rings. The fraction of sp³-hybridized carbons (Fsp3) is 0.909. The Bertz CT molecular complexity index is 381. The smallest absolute Gasteiger partial charge is 0.227 e. The third kappa shape index (κ3) is 2.63. The Morgan fingerprint density at radius 2 is 1.88 bits per heavy atom. The van der Waals surface area contributed by atoms with Gasteiger partial charge >= 0.3 is 0 Å². The predicted octanol–water partition coefficient (Wildman–Crippen LogP) is -0.191. The van der Waals surface area contributed by atoms with Crippen LogP contribution >= 0.6 is 0 Å². The van der Waals surface area contributed by atoms with E-state index in [9.17, 15) is 13.2 Å². The van der Waals surface area contributed by atoms with Gasteiger partial charge in [-0.3, -0.25) is 4.79 Å². The molecule has 2 fully saturated rings. The lowest BCUT2D eigenvalue weighted by Gasteiger charge is -2.40. The highest BCUT2D eigenvalue weighted by Gasteiger charge is 2.43. The zero-order chi connectivity index (χ0) is 12.5. The second kappa shape index (κ2) is 4.57. The van der Waals surface area contributed by atoms with Crippen LogP contribution in [0.3, 0.4) is 0 Å². The van der Waals surface area contributed by atoms with Crippen molar-refractivity contribution < 1.29 is 13.2 Å². The molecule has 1 aliphatic heterocycles. The van der Waals surface area contributed by atoms with Gasteiger partial charge in [-0.15, -0.1) is 0 Å². The Morgan fingerprint density at radius 3 is 2.29 bits per heavy atom. The molecule has 1 saturated carbocycles. The van der Waals surface area contributed by atoms with Gasteiger partial charge < -0.3 is 11.1 Å². The van der Waals surface area contributed by atoms with E-state index >= 15 is 0 Å². The third-order valence-electron chi connectivity index (χ3n) is 4.07. The first-order valence-corrected chi connectivity index (χ1v) is 8.01. The standard InChI is InChI=1S/C11H20N2O3S/c12-8-11(4-1-5-11)10(14)13-9-2-6-17(15,16)7-3-9/h9H,1-8,12H2,(H,13,14). The van der Waals surface area contributed by atoms with E-state index in [1.807, 2.05) is 0 Å². The number of rotatable bonds is 3. The van der Waals surface area contributed by atoms with Crippen molar-refractivity contribution in [3.63, 3.8) is 0 Å². The van der Waals surface area contributed by atoms with Crippen LogP contribution in [0.15, 0.2) is 0 Å². The predicted molar refractivity (Wildman–Crippen MR) is 65.2 cm³/mol. The molecular formula is C11H20N2O3S. The number of nitrogens with one attached hydrogen (secondary N) is 1. The molecule has 0 bridgehead atoms. The molecule has 2 rings (SSSR count). The SMILES string of the molecule is NCC1(C(=O)NC2CCS(=O)(=O)CC2)CCC1. The van der Waals surface area contributed by atoms with Crippen LogP contribution < -0.4 is 11.1 Å². The Kier molecular flexibility index (Phi) is 3.45. The largest absolute Gasteiger partial charge is 0.353 e. The highest BCUT2D eigenvalue weighted by molar-refractivity contribution is 7.91. The molecule has 0 aromatic heterocycles. The molecule has 0 atom stereocenters. The quantitative estimate of drug-likeness (QED) is 0.736. The molecule has 5 nitrogen and oxygen atoms in total. The van der Waals surface area contributed by atoms with Gasteiger partial charge in [-0.25, -0.2) is 8.42 Å². The number of sulfone groups is 1.